The summed E-state index contributed by atoms with van der Waals surface area (Å²) in [7, 11) is 3.23. The lowest BCUT2D eigenvalue weighted by Gasteiger charge is -2.32. The molecule has 1 aromatic carbocycles. The van der Waals surface area contributed by atoms with E-state index in [1.54, 1.807) is 14.2 Å². The van der Waals surface area contributed by atoms with E-state index in [-0.39, 0.29) is 0 Å². The molecule has 0 bridgehead atoms. The van der Waals surface area contributed by atoms with E-state index in [1.165, 1.54) is 0 Å². The van der Waals surface area contributed by atoms with E-state index in [1.807, 2.05) is 24.3 Å². The zero-order valence-corrected chi connectivity index (χ0v) is 15.7. The smallest absolute Gasteiger partial charge is 0.212 e. The summed E-state index contributed by atoms with van der Waals surface area (Å²) in [6.45, 7) is 4.25. The molecule has 6 heteroatoms. The van der Waals surface area contributed by atoms with E-state index in [2.05, 4.69) is 27.5 Å². The van der Waals surface area contributed by atoms with Crippen LogP contribution in [0.1, 0.15) is 18.4 Å². The summed E-state index contributed by atoms with van der Waals surface area (Å²) in [6.07, 6.45) is 3.92. The highest BCUT2D eigenvalue weighted by molar-refractivity contribution is 9.10. The van der Waals surface area contributed by atoms with E-state index in [9.17, 15) is 0 Å². The first-order valence-electron chi connectivity index (χ1n) is 7.31. The minimum atomic E-state index is -0.587. The Hall–Kier alpha value is -1.33. The summed E-state index contributed by atoms with van der Waals surface area (Å²) < 4.78 is 11.7. The van der Waals surface area contributed by atoms with Gasteiger partial charge in [0, 0.05) is 9.50 Å². The molecule has 0 unspecified atom stereocenters. The Labute approximate surface area is 150 Å². The van der Waals surface area contributed by atoms with Crippen molar-refractivity contribution in [2.75, 3.05) is 20.8 Å². The minimum absolute atomic E-state index is 0.400. The largest absolute Gasteiger partial charge is 0.483 e. The number of methoxy groups -OCH3 is 2. The Morgan fingerprint density at radius 2 is 2.17 bits per heavy atom. The van der Waals surface area contributed by atoms with Gasteiger partial charge in [0.2, 0.25) is 11.8 Å². The Balaban J connectivity index is 2.28. The summed E-state index contributed by atoms with van der Waals surface area (Å²) in [5, 5.41) is 0.732. The SMILES string of the molecule is C=CC[C@@]1(CCc2ccc(Br)cc2Cl)N=C(OC)CN=C1OC. The molecule has 0 aliphatic carbocycles. The number of aliphatic imine (C=N–C) groups is 2. The van der Waals surface area contributed by atoms with Crippen LogP contribution in [0.3, 0.4) is 0 Å². The maximum Gasteiger partial charge on any atom is 0.212 e. The molecule has 0 saturated heterocycles. The molecule has 1 heterocycles. The van der Waals surface area contributed by atoms with Crippen molar-refractivity contribution < 1.29 is 9.47 Å². The van der Waals surface area contributed by atoms with Crippen LogP contribution >= 0.6 is 27.5 Å². The zero-order valence-electron chi connectivity index (χ0n) is 13.3. The van der Waals surface area contributed by atoms with Gasteiger partial charge in [-0.2, -0.15) is 0 Å². The lowest BCUT2D eigenvalue weighted by atomic mass is 9.87. The Bertz CT molecular complexity index is 645. The molecule has 4 nitrogen and oxygen atoms in total. The molecule has 124 valence electrons. The first-order chi connectivity index (χ1) is 11.0. The number of benzene rings is 1. The van der Waals surface area contributed by atoms with Crippen LogP contribution in [0, 0.1) is 0 Å². The molecule has 0 N–H and O–H groups in total. The maximum atomic E-state index is 6.32. The molecule has 1 aliphatic rings. The molecule has 1 atom stereocenters. The predicted octanol–water partition coefficient (Wildman–Crippen LogP) is 4.45. The Morgan fingerprint density at radius 3 is 2.78 bits per heavy atom. The predicted molar refractivity (Wildman–Crippen MR) is 98.8 cm³/mol. The second kappa shape index (κ2) is 7.97. The minimum Gasteiger partial charge on any atom is -0.483 e. The van der Waals surface area contributed by atoms with E-state index >= 15 is 0 Å². The summed E-state index contributed by atoms with van der Waals surface area (Å²) in [6, 6.07) is 5.89. The van der Waals surface area contributed by atoms with Gasteiger partial charge in [-0.3, -0.25) is 0 Å². The fraction of sp³-hybridized carbons (Fsp3) is 0.412. The van der Waals surface area contributed by atoms with Crippen LogP contribution in [-0.2, 0) is 15.9 Å². The summed E-state index contributed by atoms with van der Waals surface area (Å²) in [5.74, 6) is 1.22. The van der Waals surface area contributed by atoms with E-state index in [4.69, 9.17) is 26.1 Å². The normalized spacial score (nSPS) is 20.5. The maximum absolute atomic E-state index is 6.32. The van der Waals surface area contributed by atoms with Gasteiger partial charge in [-0.1, -0.05) is 39.7 Å². The second-order valence-electron chi connectivity index (χ2n) is 5.30. The first-order valence-corrected chi connectivity index (χ1v) is 8.48. The van der Waals surface area contributed by atoms with Crippen molar-refractivity contribution in [3.05, 3.63) is 45.9 Å². The van der Waals surface area contributed by atoms with Gasteiger partial charge in [0.1, 0.15) is 12.1 Å². The van der Waals surface area contributed by atoms with Crippen LogP contribution in [0.15, 0.2) is 45.3 Å². The molecule has 1 aliphatic heterocycles. The van der Waals surface area contributed by atoms with Crippen molar-refractivity contribution >= 4 is 39.3 Å². The molecule has 0 fully saturated rings. The summed E-state index contributed by atoms with van der Waals surface area (Å²) in [4.78, 5) is 9.22. The standard InChI is InChI=1S/C17H20BrClN2O2/c1-4-8-17(16(23-3)20-11-15(21-17)22-2)9-7-12-5-6-13(18)10-14(12)19/h4-6,10H,1,7-9,11H2,2-3H3/t17-/m0/s1. The van der Waals surface area contributed by atoms with Crippen LogP contribution in [-0.4, -0.2) is 38.1 Å². The van der Waals surface area contributed by atoms with Gasteiger partial charge in [-0.25, -0.2) is 9.98 Å². The zero-order chi connectivity index (χ0) is 16.9. The van der Waals surface area contributed by atoms with Gasteiger partial charge in [0.05, 0.1) is 14.2 Å². The second-order valence-corrected chi connectivity index (χ2v) is 6.62. The number of hydrogen-bond acceptors (Lipinski definition) is 4. The van der Waals surface area contributed by atoms with E-state index < -0.39 is 5.54 Å². The van der Waals surface area contributed by atoms with Crippen molar-refractivity contribution in [2.24, 2.45) is 9.98 Å². The number of rotatable bonds is 5. The quantitative estimate of drug-likeness (QED) is 0.686. The molecule has 0 spiro atoms. The number of nitrogens with zero attached hydrogens (tertiary/aromatic N) is 2. The highest BCUT2D eigenvalue weighted by atomic mass is 79.9. The van der Waals surface area contributed by atoms with Crippen LogP contribution in [0.4, 0.5) is 0 Å². The van der Waals surface area contributed by atoms with Crippen molar-refractivity contribution in [1.82, 2.24) is 0 Å². The van der Waals surface area contributed by atoms with Crippen molar-refractivity contribution in [3.63, 3.8) is 0 Å². The molecule has 0 saturated carbocycles. The summed E-state index contributed by atoms with van der Waals surface area (Å²) in [5.41, 5.74) is 0.477. The highest BCUT2D eigenvalue weighted by Crippen LogP contribution is 2.31. The average Bonchev–Trinajstić information content (AvgIpc) is 2.54. The molecule has 0 amide bonds. The van der Waals surface area contributed by atoms with Crippen LogP contribution in [0.2, 0.25) is 5.02 Å². The number of hydrogen-bond donors (Lipinski definition) is 0. The Morgan fingerprint density at radius 1 is 1.39 bits per heavy atom. The molecule has 23 heavy (non-hydrogen) atoms. The van der Waals surface area contributed by atoms with Crippen molar-refractivity contribution in [1.29, 1.82) is 0 Å². The van der Waals surface area contributed by atoms with Crippen molar-refractivity contribution in [3.8, 4) is 0 Å². The molecular formula is C17H20BrClN2O2. The van der Waals surface area contributed by atoms with Crippen molar-refractivity contribution in [2.45, 2.75) is 24.8 Å². The molecule has 1 aromatic rings. The van der Waals surface area contributed by atoms with Gasteiger partial charge in [-0.05, 0) is 37.0 Å². The lowest BCUT2D eigenvalue weighted by molar-refractivity contribution is 0.317. The Kier molecular flexibility index (Phi) is 6.25. The van der Waals surface area contributed by atoms with Gasteiger partial charge in [0.25, 0.3) is 0 Å². The van der Waals surface area contributed by atoms with Crippen LogP contribution < -0.4 is 0 Å². The van der Waals surface area contributed by atoms with Gasteiger partial charge >= 0.3 is 0 Å². The molecule has 0 radical (unpaired) electrons. The topological polar surface area (TPSA) is 43.2 Å². The van der Waals surface area contributed by atoms with Crippen LogP contribution in [0.25, 0.3) is 0 Å². The number of halogens is 2. The third-order valence-electron chi connectivity index (χ3n) is 3.83. The molecule has 0 aromatic heterocycles. The van der Waals surface area contributed by atoms with E-state index in [0.29, 0.717) is 31.2 Å². The molecule has 2 rings (SSSR count). The fourth-order valence-corrected chi connectivity index (χ4v) is 3.44. The third kappa shape index (κ3) is 4.15. The average molecular weight is 400 g/mol. The van der Waals surface area contributed by atoms with Gasteiger partial charge in [-0.15, -0.1) is 6.58 Å². The van der Waals surface area contributed by atoms with Gasteiger partial charge in [0.15, 0.2) is 0 Å². The van der Waals surface area contributed by atoms with E-state index in [0.717, 1.165) is 21.5 Å². The van der Waals surface area contributed by atoms with Gasteiger partial charge < -0.3 is 9.47 Å². The fourth-order valence-electron chi connectivity index (χ4n) is 2.68. The number of ether oxygens (including phenoxy) is 2. The number of aryl methyl sites for hydroxylation is 1. The highest BCUT2D eigenvalue weighted by Gasteiger charge is 2.39. The molecular weight excluding hydrogens is 380 g/mol. The van der Waals surface area contributed by atoms with Crippen LogP contribution in [0.5, 0.6) is 0 Å². The summed E-state index contributed by atoms with van der Waals surface area (Å²) >= 11 is 9.75. The third-order valence-corrected chi connectivity index (χ3v) is 4.67. The lowest BCUT2D eigenvalue weighted by Crippen LogP contribution is -2.42. The monoisotopic (exact) mass is 398 g/mol. The first kappa shape index (κ1) is 18.0.